The summed E-state index contributed by atoms with van der Waals surface area (Å²) in [6.45, 7) is 2.67. The average Bonchev–Trinajstić information content (AvgIpc) is 2.86. The van der Waals surface area contributed by atoms with Gasteiger partial charge < -0.3 is 10.5 Å². The minimum Gasteiger partial charge on any atom is -0.399 e. The van der Waals surface area contributed by atoms with Crippen LogP contribution in [0.1, 0.15) is 13.3 Å². The van der Waals surface area contributed by atoms with Crippen molar-refractivity contribution in [1.82, 2.24) is 4.72 Å². The summed E-state index contributed by atoms with van der Waals surface area (Å²) in [5.41, 5.74) is 5.21. The summed E-state index contributed by atoms with van der Waals surface area (Å²) in [7, 11) is -4.17. The number of halogens is 2. The van der Waals surface area contributed by atoms with Crippen LogP contribution in [0.3, 0.4) is 0 Å². The molecule has 2 rings (SSSR count). The number of sulfonamides is 1. The minimum atomic E-state index is -4.17. The molecule has 2 unspecified atom stereocenters. The van der Waals surface area contributed by atoms with Crippen molar-refractivity contribution in [3.05, 3.63) is 23.8 Å². The molecule has 20 heavy (non-hydrogen) atoms. The van der Waals surface area contributed by atoms with Gasteiger partial charge in [-0.05, 0) is 25.5 Å². The Morgan fingerprint density at radius 3 is 2.75 bits per heavy atom. The van der Waals surface area contributed by atoms with Gasteiger partial charge in [0.05, 0.1) is 6.61 Å². The topological polar surface area (TPSA) is 81.4 Å². The number of nitrogen functional groups attached to an aromatic ring is 1. The zero-order chi connectivity index (χ0) is 14.9. The van der Waals surface area contributed by atoms with Crippen LogP contribution in [0.2, 0.25) is 0 Å². The van der Waals surface area contributed by atoms with Gasteiger partial charge in [0, 0.05) is 24.3 Å². The van der Waals surface area contributed by atoms with E-state index in [1.54, 1.807) is 6.92 Å². The first-order valence-corrected chi connectivity index (χ1v) is 7.64. The summed E-state index contributed by atoms with van der Waals surface area (Å²) < 4.78 is 58.6. The first-order valence-electron chi connectivity index (χ1n) is 6.16. The quantitative estimate of drug-likeness (QED) is 0.820. The van der Waals surface area contributed by atoms with E-state index in [0.29, 0.717) is 13.2 Å². The third-order valence-corrected chi connectivity index (χ3v) is 4.88. The molecule has 0 spiro atoms. The van der Waals surface area contributed by atoms with Gasteiger partial charge in [0.2, 0.25) is 10.0 Å². The number of ether oxygens (including phenoxy) is 1. The van der Waals surface area contributed by atoms with Crippen LogP contribution in [0, 0.1) is 17.6 Å². The second-order valence-electron chi connectivity index (χ2n) is 4.85. The Bertz CT molecular complexity index is 601. The van der Waals surface area contributed by atoms with Crippen LogP contribution >= 0.6 is 0 Å². The van der Waals surface area contributed by atoms with Crippen LogP contribution in [-0.4, -0.2) is 27.7 Å². The monoisotopic (exact) mass is 306 g/mol. The van der Waals surface area contributed by atoms with Crippen LogP contribution in [0.4, 0.5) is 14.5 Å². The molecule has 1 aliphatic heterocycles. The fraction of sp³-hybridized carbons (Fsp3) is 0.500. The standard InChI is InChI=1S/C12H16F2N2O3S/c1-7(8-2-3-19-6-8)16-20(17,18)11-5-9(15)4-10(13)12(11)14/h4-5,7-8,16H,2-3,6,15H2,1H3. The Morgan fingerprint density at radius 2 is 2.15 bits per heavy atom. The maximum Gasteiger partial charge on any atom is 0.243 e. The smallest absolute Gasteiger partial charge is 0.243 e. The summed E-state index contributed by atoms with van der Waals surface area (Å²) in [5.74, 6) is -2.71. The van der Waals surface area contributed by atoms with Gasteiger partial charge in [-0.2, -0.15) is 0 Å². The number of nitrogens with one attached hydrogen (secondary N) is 1. The molecule has 8 heteroatoms. The van der Waals surface area contributed by atoms with Crippen molar-refractivity contribution in [2.75, 3.05) is 18.9 Å². The van der Waals surface area contributed by atoms with Gasteiger partial charge in [0.1, 0.15) is 4.90 Å². The summed E-state index contributed by atoms with van der Waals surface area (Å²) in [5, 5.41) is 0. The SMILES string of the molecule is CC(NS(=O)(=O)c1cc(N)cc(F)c1F)C1CCOC1. The first-order chi connectivity index (χ1) is 9.31. The third-order valence-electron chi connectivity index (χ3n) is 3.32. The van der Waals surface area contributed by atoms with E-state index in [2.05, 4.69) is 4.72 Å². The number of hydrogen-bond acceptors (Lipinski definition) is 4. The second kappa shape index (κ2) is 5.63. The number of anilines is 1. The van der Waals surface area contributed by atoms with E-state index in [1.807, 2.05) is 0 Å². The number of rotatable bonds is 4. The Kier molecular flexibility index (Phi) is 4.26. The van der Waals surface area contributed by atoms with Crippen molar-refractivity contribution in [2.24, 2.45) is 5.92 Å². The molecule has 0 aliphatic carbocycles. The molecule has 0 saturated carbocycles. The van der Waals surface area contributed by atoms with Gasteiger partial charge in [-0.15, -0.1) is 0 Å². The Hall–Kier alpha value is -1.25. The molecule has 2 atom stereocenters. The Balaban J connectivity index is 2.26. The summed E-state index contributed by atoms with van der Waals surface area (Å²) in [6.07, 6.45) is 0.720. The highest BCUT2D eigenvalue weighted by Gasteiger charge is 2.29. The Labute approximate surface area is 116 Å². The predicted octanol–water partition coefficient (Wildman–Crippen LogP) is 1.25. The molecule has 1 fully saturated rings. The molecule has 0 radical (unpaired) electrons. The van der Waals surface area contributed by atoms with Crippen molar-refractivity contribution < 1.29 is 21.9 Å². The van der Waals surface area contributed by atoms with Crippen LogP contribution < -0.4 is 10.5 Å². The molecule has 3 N–H and O–H groups in total. The van der Waals surface area contributed by atoms with Gasteiger partial charge in [-0.1, -0.05) is 0 Å². The van der Waals surface area contributed by atoms with Crippen molar-refractivity contribution in [3.8, 4) is 0 Å². The molecule has 1 heterocycles. The van der Waals surface area contributed by atoms with Crippen molar-refractivity contribution in [2.45, 2.75) is 24.3 Å². The highest BCUT2D eigenvalue weighted by atomic mass is 32.2. The lowest BCUT2D eigenvalue weighted by Crippen LogP contribution is -2.38. The van der Waals surface area contributed by atoms with E-state index in [0.717, 1.165) is 18.6 Å². The van der Waals surface area contributed by atoms with E-state index in [1.165, 1.54) is 0 Å². The van der Waals surface area contributed by atoms with E-state index in [9.17, 15) is 17.2 Å². The zero-order valence-electron chi connectivity index (χ0n) is 10.9. The lowest BCUT2D eigenvalue weighted by Gasteiger charge is -2.19. The fourth-order valence-corrected chi connectivity index (χ4v) is 3.56. The second-order valence-corrected chi connectivity index (χ2v) is 6.53. The van der Waals surface area contributed by atoms with Crippen LogP contribution in [0.5, 0.6) is 0 Å². The van der Waals surface area contributed by atoms with E-state index >= 15 is 0 Å². The Morgan fingerprint density at radius 1 is 1.45 bits per heavy atom. The molecule has 1 aromatic rings. The lowest BCUT2D eigenvalue weighted by atomic mass is 10.0. The number of nitrogens with two attached hydrogens (primary N) is 1. The summed E-state index contributed by atoms with van der Waals surface area (Å²) in [4.78, 5) is -0.777. The molecule has 0 bridgehead atoms. The van der Waals surface area contributed by atoms with Crippen molar-refractivity contribution >= 4 is 15.7 Å². The minimum absolute atomic E-state index is 0.0127. The fourth-order valence-electron chi connectivity index (χ4n) is 2.13. The van der Waals surface area contributed by atoms with Crippen LogP contribution in [-0.2, 0) is 14.8 Å². The van der Waals surface area contributed by atoms with E-state index in [4.69, 9.17) is 10.5 Å². The predicted molar refractivity (Wildman–Crippen MR) is 69.5 cm³/mol. The maximum absolute atomic E-state index is 13.6. The molecule has 5 nitrogen and oxygen atoms in total. The molecule has 112 valence electrons. The normalized spacial score (nSPS) is 21.1. The van der Waals surface area contributed by atoms with Gasteiger partial charge >= 0.3 is 0 Å². The summed E-state index contributed by atoms with van der Waals surface area (Å²) in [6, 6.07) is 1.20. The molecule has 0 aromatic heterocycles. The maximum atomic E-state index is 13.6. The van der Waals surface area contributed by atoms with E-state index in [-0.39, 0.29) is 11.6 Å². The number of benzene rings is 1. The highest BCUT2D eigenvalue weighted by Crippen LogP contribution is 2.23. The average molecular weight is 306 g/mol. The molecule has 1 saturated heterocycles. The van der Waals surface area contributed by atoms with Gasteiger partial charge in [0.25, 0.3) is 0 Å². The molecular weight excluding hydrogens is 290 g/mol. The lowest BCUT2D eigenvalue weighted by molar-refractivity contribution is 0.180. The molecule has 0 amide bonds. The number of hydrogen-bond donors (Lipinski definition) is 2. The molecule has 1 aliphatic rings. The van der Waals surface area contributed by atoms with Gasteiger partial charge in [-0.3, -0.25) is 0 Å². The van der Waals surface area contributed by atoms with Crippen LogP contribution in [0.15, 0.2) is 17.0 Å². The van der Waals surface area contributed by atoms with E-state index < -0.39 is 32.6 Å². The van der Waals surface area contributed by atoms with Gasteiger partial charge in [-0.25, -0.2) is 21.9 Å². The molecular formula is C12H16F2N2O3S. The van der Waals surface area contributed by atoms with Crippen LogP contribution in [0.25, 0.3) is 0 Å². The van der Waals surface area contributed by atoms with Gasteiger partial charge in [0.15, 0.2) is 11.6 Å². The largest absolute Gasteiger partial charge is 0.399 e. The van der Waals surface area contributed by atoms with Crippen molar-refractivity contribution in [3.63, 3.8) is 0 Å². The highest BCUT2D eigenvalue weighted by molar-refractivity contribution is 7.89. The first kappa shape index (κ1) is 15.1. The summed E-state index contributed by atoms with van der Waals surface area (Å²) >= 11 is 0. The zero-order valence-corrected chi connectivity index (χ0v) is 11.7. The third kappa shape index (κ3) is 3.08. The van der Waals surface area contributed by atoms with Crippen molar-refractivity contribution in [1.29, 1.82) is 0 Å². The molecule has 1 aromatic carbocycles.